The first kappa shape index (κ1) is 38.6. The number of benzene rings is 4. The van der Waals surface area contributed by atoms with Crippen molar-refractivity contribution in [2.45, 2.75) is 64.3 Å². The lowest BCUT2D eigenvalue weighted by Gasteiger charge is -2.41. The zero-order chi connectivity index (χ0) is 40.5. The quantitative estimate of drug-likeness (QED) is 0.183. The number of anilines is 1. The van der Waals surface area contributed by atoms with Crippen LogP contribution in [0, 0.1) is 0 Å². The molecule has 304 valence electrons. The van der Waals surface area contributed by atoms with Crippen LogP contribution in [0.4, 0.5) is 10.5 Å². The third kappa shape index (κ3) is 7.97. The Morgan fingerprint density at radius 3 is 2.34 bits per heavy atom. The van der Waals surface area contributed by atoms with E-state index in [0.717, 1.165) is 91.1 Å². The van der Waals surface area contributed by atoms with Crippen molar-refractivity contribution in [3.63, 3.8) is 0 Å². The van der Waals surface area contributed by atoms with Crippen LogP contribution in [0.1, 0.15) is 67.1 Å². The Hall–Kier alpha value is -5.91. The number of aromatic nitrogens is 1. The summed E-state index contributed by atoms with van der Waals surface area (Å²) in [4.78, 5) is 51.4. The Kier molecular flexibility index (Phi) is 11.0. The number of amides is 4. The molecule has 1 aromatic heterocycles. The van der Waals surface area contributed by atoms with Crippen LogP contribution in [0.15, 0.2) is 97.1 Å². The van der Waals surface area contributed by atoms with Gasteiger partial charge in [0.05, 0.1) is 18.8 Å². The lowest BCUT2D eigenvalue weighted by atomic mass is 9.89. The number of phenolic OH excluding ortho intramolecular Hbond substituents is 1. The van der Waals surface area contributed by atoms with Gasteiger partial charge in [-0.05, 0) is 102 Å². The molecule has 1 fully saturated rings. The van der Waals surface area contributed by atoms with Crippen LogP contribution >= 0.6 is 0 Å². The van der Waals surface area contributed by atoms with Crippen LogP contribution in [-0.2, 0) is 50.2 Å². The number of aromatic hydroxyl groups is 1. The monoisotopic (exact) mass is 792 g/mol. The normalized spacial score (nSPS) is 17.7. The largest absolute Gasteiger partial charge is 0.508 e. The second-order valence-electron chi connectivity index (χ2n) is 16.3. The smallest absolute Gasteiger partial charge is 0.317 e. The van der Waals surface area contributed by atoms with E-state index in [1.165, 1.54) is 5.56 Å². The summed E-state index contributed by atoms with van der Waals surface area (Å²) in [5.74, 6) is -0.0292. The van der Waals surface area contributed by atoms with Crippen molar-refractivity contribution < 1.29 is 24.2 Å². The van der Waals surface area contributed by atoms with Gasteiger partial charge in [-0.15, -0.1) is 0 Å². The van der Waals surface area contributed by atoms with E-state index in [0.29, 0.717) is 62.6 Å². The Morgan fingerprint density at radius 2 is 1.54 bits per heavy atom. The molecule has 4 amide bonds. The molecule has 5 aromatic rings. The molecule has 11 heteroatoms. The van der Waals surface area contributed by atoms with Crippen molar-refractivity contribution in [1.82, 2.24) is 24.6 Å². The minimum absolute atomic E-state index is 0.0401. The molecule has 0 unspecified atom stereocenters. The molecular weight excluding hydrogens is 741 g/mol. The van der Waals surface area contributed by atoms with Gasteiger partial charge in [0.25, 0.3) is 11.8 Å². The fraction of sp³-hybridized carbons (Fsp3) is 0.354. The number of ether oxygens (including phenoxy) is 1. The molecule has 4 aromatic carbocycles. The Balaban J connectivity index is 1.11. The number of carbonyl (C=O) groups is 3. The number of phenols is 1. The molecule has 4 aliphatic heterocycles. The lowest BCUT2D eigenvalue weighted by molar-refractivity contribution is 0.0193. The van der Waals surface area contributed by atoms with E-state index in [9.17, 15) is 14.7 Å². The van der Waals surface area contributed by atoms with Crippen LogP contribution in [0.3, 0.4) is 0 Å². The first-order chi connectivity index (χ1) is 28.8. The number of nitrogens with one attached hydrogen (secondary N) is 1. The van der Waals surface area contributed by atoms with Crippen molar-refractivity contribution in [2.75, 3.05) is 51.3 Å². The van der Waals surface area contributed by atoms with E-state index in [4.69, 9.17) is 4.74 Å². The van der Waals surface area contributed by atoms with E-state index in [1.54, 1.807) is 36.2 Å². The number of hydrogen-bond acceptors (Lipinski definition) is 6. The molecule has 0 spiro atoms. The molecule has 1 saturated heterocycles. The summed E-state index contributed by atoms with van der Waals surface area (Å²) in [6.07, 6.45) is 4.12. The van der Waals surface area contributed by atoms with Crippen LogP contribution in [-0.4, -0.2) is 94.7 Å². The van der Waals surface area contributed by atoms with Gasteiger partial charge in [0.2, 0.25) is 0 Å². The van der Waals surface area contributed by atoms with Crippen molar-refractivity contribution >= 4 is 23.5 Å². The van der Waals surface area contributed by atoms with Gasteiger partial charge in [-0.1, -0.05) is 54.6 Å². The Bertz CT molecular complexity index is 2350. The molecule has 0 radical (unpaired) electrons. The number of hydrogen-bond donors (Lipinski definition) is 2. The van der Waals surface area contributed by atoms with Gasteiger partial charge < -0.3 is 34.4 Å². The van der Waals surface area contributed by atoms with E-state index < -0.39 is 0 Å². The highest BCUT2D eigenvalue weighted by Crippen LogP contribution is 2.38. The maximum Gasteiger partial charge on any atom is 0.317 e. The van der Waals surface area contributed by atoms with Crippen molar-refractivity contribution in [1.29, 1.82) is 0 Å². The average molecular weight is 793 g/mol. The summed E-state index contributed by atoms with van der Waals surface area (Å²) in [6, 6.07) is 31.1. The molecule has 1 atom stereocenters. The molecule has 0 saturated carbocycles. The Labute approximate surface area is 345 Å². The number of carbonyl (C=O) groups excluding carboxylic acids is 3. The molecule has 9 rings (SSSR count). The first-order valence-electron chi connectivity index (χ1n) is 21.0. The summed E-state index contributed by atoms with van der Waals surface area (Å²) in [7, 11) is 1.76. The standard InChI is InChI=1S/C48H52N6O5/c1-50(38-14-16-40(55)17-15-38)46(56)43-28-45(53-19-8-7-13-44(43)53)41-26-35-18-20-52(48(58)49-29-33-9-3-2-4-10-33)30-37(35)27-42(41)47(57)54-31-36-12-6-5-11-34(36)25-39(54)32-51-21-23-59-24-22-51/h2-6,9-12,14-17,26-28,39,55H,7-8,13,18-25,29-32H2,1H3,(H,49,58)/t39-/m0/s1. The minimum Gasteiger partial charge on any atom is -0.508 e. The molecular formula is C48H52N6O5. The second kappa shape index (κ2) is 16.8. The molecule has 5 heterocycles. The Morgan fingerprint density at radius 1 is 0.780 bits per heavy atom. The predicted molar refractivity (Wildman–Crippen MR) is 228 cm³/mol. The molecule has 0 aliphatic carbocycles. The predicted octanol–water partition coefficient (Wildman–Crippen LogP) is 6.64. The maximum atomic E-state index is 15.5. The highest BCUT2D eigenvalue weighted by molar-refractivity contribution is 6.08. The highest BCUT2D eigenvalue weighted by atomic mass is 16.5. The number of nitrogens with zero attached hydrogens (tertiary/aromatic N) is 5. The fourth-order valence-corrected chi connectivity index (χ4v) is 9.34. The summed E-state index contributed by atoms with van der Waals surface area (Å²) in [6.45, 7) is 6.42. The number of morpholine rings is 1. The zero-order valence-electron chi connectivity index (χ0n) is 33.7. The summed E-state index contributed by atoms with van der Waals surface area (Å²) < 4.78 is 7.95. The van der Waals surface area contributed by atoms with E-state index >= 15 is 4.79 Å². The van der Waals surface area contributed by atoms with Gasteiger partial charge in [0, 0.05) is 93.6 Å². The van der Waals surface area contributed by atoms with Gasteiger partial charge in [0.1, 0.15) is 5.75 Å². The van der Waals surface area contributed by atoms with Gasteiger partial charge in [-0.25, -0.2) is 4.79 Å². The average Bonchev–Trinajstić information content (AvgIpc) is 3.67. The van der Waals surface area contributed by atoms with Crippen molar-refractivity contribution in [3.8, 4) is 17.0 Å². The summed E-state index contributed by atoms with van der Waals surface area (Å²) in [5.41, 5.74) is 10.1. The lowest BCUT2D eigenvalue weighted by Crippen LogP contribution is -2.52. The maximum absolute atomic E-state index is 15.5. The van der Waals surface area contributed by atoms with Gasteiger partial charge in [-0.3, -0.25) is 14.5 Å². The number of fused-ring (bicyclic) bond motifs is 3. The molecule has 0 bridgehead atoms. The van der Waals surface area contributed by atoms with Crippen LogP contribution in [0.2, 0.25) is 0 Å². The first-order valence-corrected chi connectivity index (χ1v) is 21.0. The SMILES string of the molecule is CN(C(=O)c1cc(-c2cc3c(cc2C(=O)N2Cc4ccccc4C[C@H]2CN2CCOCC2)CN(C(=O)NCc2ccccc2)CC3)n2c1CCCC2)c1ccc(O)cc1. The van der Waals surface area contributed by atoms with Gasteiger partial charge in [-0.2, -0.15) is 0 Å². The summed E-state index contributed by atoms with van der Waals surface area (Å²) >= 11 is 0. The molecule has 2 N–H and O–H groups in total. The van der Waals surface area contributed by atoms with E-state index in [2.05, 4.69) is 43.9 Å². The van der Waals surface area contributed by atoms with E-state index in [1.807, 2.05) is 53.4 Å². The highest BCUT2D eigenvalue weighted by Gasteiger charge is 2.36. The molecule has 4 aliphatic rings. The zero-order valence-corrected chi connectivity index (χ0v) is 33.7. The third-order valence-corrected chi connectivity index (χ3v) is 12.6. The van der Waals surface area contributed by atoms with Crippen LogP contribution in [0.25, 0.3) is 11.3 Å². The molecule has 11 nitrogen and oxygen atoms in total. The minimum atomic E-state index is -0.131. The van der Waals surface area contributed by atoms with Crippen molar-refractivity contribution in [2.24, 2.45) is 0 Å². The van der Waals surface area contributed by atoms with Crippen LogP contribution < -0.4 is 10.2 Å². The second-order valence-corrected chi connectivity index (χ2v) is 16.3. The van der Waals surface area contributed by atoms with Crippen LogP contribution in [0.5, 0.6) is 5.75 Å². The number of urea groups is 1. The fourth-order valence-electron chi connectivity index (χ4n) is 9.34. The third-order valence-electron chi connectivity index (χ3n) is 12.6. The van der Waals surface area contributed by atoms with Crippen molar-refractivity contribution in [3.05, 3.63) is 142 Å². The number of rotatable bonds is 8. The van der Waals surface area contributed by atoms with E-state index in [-0.39, 0.29) is 29.6 Å². The van der Waals surface area contributed by atoms with Gasteiger partial charge >= 0.3 is 6.03 Å². The molecule has 59 heavy (non-hydrogen) atoms. The topological polar surface area (TPSA) is 111 Å². The van der Waals surface area contributed by atoms with Gasteiger partial charge in [0.15, 0.2) is 0 Å². The summed E-state index contributed by atoms with van der Waals surface area (Å²) in [5, 5.41) is 13.0.